The zero-order chi connectivity index (χ0) is 17.8. The topological polar surface area (TPSA) is 33.2 Å². The fourth-order valence-corrected chi connectivity index (χ4v) is 4.01. The normalized spacial score (nSPS) is 11.0. The summed E-state index contributed by atoms with van der Waals surface area (Å²) >= 11 is 13.9. The third-order valence-corrected chi connectivity index (χ3v) is 5.94. The van der Waals surface area contributed by atoms with Crippen LogP contribution in [0.5, 0.6) is 0 Å². The maximum Gasteiger partial charge on any atom is 0.222 e. The number of carbonyl (C=O) groups excluding carboxylic acids is 1. The molecule has 0 bridgehead atoms. The van der Waals surface area contributed by atoms with Crippen LogP contribution in [0.15, 0.2) is 42.5 Å². The Hall–Kier alpha value is -1.62. The van der Waals surface area contributed by atoms with Crippen LogP contribution in [0.2, 0.25) is 10.0 Å². The highest BCUT2D eigenvalue weighted by Crippen LogP contribution is 2.26. The van der Waals surface area contributed by atoms with Crippen LogP contribution in [0.4, 0.5) is 0 Å². The molecule has 0 saturated carbocycles. The van der Waals surface area contributed by atoms with Crippen LogP contribution >= 0.6 is 34.5 Å². The Morgan fingerprint density at radius 2 is 1.96 bits per heavy atom. The maximum absolute atomic E-state index is 12.3. The van der Waals surface area contributed by atoms with Crippen molar-refractivity contribution in [2.45, 2.75) is 25.8 Å². The largest absolute Gasteiger partial charge is 0.341 e. The first-order valence-electron chi connectivity index (χ1n) is 8.06. The van der Waals surface area contributed by atoms with Gasteiger partial charge in [0, 0.05) is 20.0 Å². The van der Waals surface area contributed by atoms with E-state index in [1.807, 2.05) is 30.3 Å². The van der Waals surface area contributed by atoms with Gasteiger partial charge in [-0.25, -0.2) is 4.98 Å². The van der Waals surface area contributed by atoms with E-state index in [1.54, 1.807) is 29.4 Å². The van der Waals surface area contributed by atoms with E-state index in [9.17, 15) is 4.79 Å². The predicted octanol–water partition coefficient (Wildman–Crippen LogP) is 5.58. The van der Waals surface area contributed by atoms with Crippen molar-refractivity contribution in [3.8, 4) is 0 Å². The van der Waals surface area contributed by atoms with Crippen molar-refractivity contribution in [1.82, 2.24) is 9.88 Å². The molecule has 1 aromatic heterocycles. The molecule has 0 aliphatic carbocycles. The molecule has 3 nitrogen and oxygen atoms in total. The third kappa shape index (κ3) is 4.51. The SMILES string of the molecule is CN(Cc1cccc(Cl)c1Cl)C(=O)CCCc1nc2ccccc2s1. The number of hydrogen-bond acceptors (Lipinski definition) is 3. The van der Waals surface area contributed by atoms with Gasteiger partial charge in [0.05, 0.1) is 25.3 Å². The van der Waals surface area contributed by atoms with Gasteiger partial charge in [-0.3, -0.25) is 4.79 Å². The summed E-state index contributed by atoms with van der Waals surface area (Å²) in [6.07, 6.45) is 2.09. The second kappa shape index (κ2) is 8.17. The van der Waals surface area contributed by atoms with E-state index in [-0.39, 0.29) is 5.91 Å². The van der Waals surface area contributed by atoms with Gasteiger partial charge in [0.1, 0.15) is 0 Å². The van der Waals surface area contributed by atoms with Crippen LogP contribution in [0.3, 0.4) is 0 Å². The van der Waals surface area contributed by atoms with Crippen LogP contribution in [-0.4, -0.2) is 22.8 Å². The van der Waals surface area contributed by atoms with Gasteiger partial charge in [-0.2, -0.15) is 0 Å². The Balaban J connectivity index is 1.52. The maximum atomic E-state index is 12.3. The van der Waals surface area contributed by atoms with E-state index < -0.39 is 0 Å². The number of fused-ring (bicyclic) bond motifs is 1. The number of para-hydroxylation sites is 1. The van der Waals surface area contributed by atoms with Gasteiger partial charge < -0.3 is 4.90 Å². The molecule has 0 unspecified atom stereocenters. The van der Waals surface area contributed by atoms with Crippen molar-refractivity contribution in [3.63, 3.8) is 0 Å². The molecule has 25 heavy (non-hydrogen) atoms. The zero-order valence-corrected chi connectivity index (χ0v) is 16.2. The predicted molar refractivity (Wildman–Crippen MR) is 105 cm³/mol. The second-order valence-electron chi connectivity index (χ2n) is 5.89. The number of carbonyl (C=O) groups is 1. The fraction of sp³-hybridized carbons (Fsp3) is 0.263. The average Bonchev–Trinajstić information content (AvgIpc) is 3.01. The molecule has 3 aromatic rings. The number of hydrogen-bond donors (Lipinski definition) is 0. The molecule has 130 valence electrons. The van der Waals surface area contributed by atoms with E-state index in [1.165, 1.54) is 4.70 Å². The van der Waals surface area contributed by atoms with Gasteiger partial charge >= 0.3 is 0 Å². The molecule has 0 saturated heterocycles. The van der Waals surface area contributed by atoms with E-state index in [0.717, 1.165) is 28.9 Å². The second-order valence-corrected chi connectivity index (χ2v) is 7.79. The van der Waals surface area contributed by atoms with Crippen molar-refractivity contribution < 1.29 is 4.79 Å². The van der Waals surface area contributed by atoms with Crippen molar-refractivity contribution in [2.75, 3.05) is 7.05 Å². The molecule has 0 aliphatic heterocycles. The first kappa shape index (κ1) is 18.2. The molecule has 6 heteroatoms. The molecule has 1 amide bonds. The summed E-state index contributed by atoms with van der Waals surface area (Å²) in [5.74, 6) is 0.0946. The van der Waals surface area contributed by atoms with Gasteiger partial charge in [0.25, 0.3) is 0 Å². The Kier molecular flexibility index (Phi) is 5.94. The molecular formula is C19H18Cl2N2OS. The van der Waals surface area contributed by atoms with E-state index in [0.29, 0.717) is 23.0 Å². The minimum atomic E-state index is 0.0946. The molecular weight excluding hydrogens is 375 g/mol. The molecule has 0 aliphatic rings. The highest BCUT2D eigenvalue weighted by molar-refractivity contribution is 7.18. The summed E-state index contributed by atoms with van der Waals surface area (Å²) in [6, 6.07) is 13.6. The molecule has 0 atom stereocenters. The van der Waals surface area contributed by atoms with Gasteiger partial charge in [0.2, 0.25) is 5.91 Å². The molecule has 0 spiro atoms. The molecule has 0 radical (unpaired) electrons. The number of aryl methyl sites for hydroxylation is 1. The summed E-state index contributed by atoms with van der Waals surface area (Å²) in [7, 11) is 1.79. The number of aromatic nitrogens is 1. The smallest absolute Gasteiger partial charge is 0.222 e. The van der Waals surface area contributed by atoms with Crippen LogP contribution in [-0.2, 0) is 17.8 Å². The average molecular weight is 393 g/mol. The quantitative estimate of drug-likeness (QED) is 0.547. The first-order chi connectivity index (χ1) is 12.0. The minimum Gasteiger partial charge on any atom is -0.341 e. The highest BCUT2D eigenvalue weighted by atomic mass is 35.5. The minimum absolute atomic E-state index is 0.0946. The number of thiazole rings is 1. The van der Waals surface area contributed by atoms with Crippen molar-refractivity contribution in [1.29, 1.82) is 0 Å². The van der Waals surface area contributed by atoms with Gasteiger partial charge in [0.15, 0.2) is 0 Å². The summed E-state index contributed by atoms with van der Waals surface area (Å²) in [5.41, 5.74) is 1.89. The van der Waals surface area contributed by atoms with E-state index >= 15 is 0 Å². The lowest BCUT2D eigenvalue weighted by Crippen LogP contribution is -2.26. The van der Waals surface area contributed by atoms with Crippen molar-refractivity contribution >= 4 is 50.7 Å². The van der Waals surface area contributed by atoms with Gasteiger partial charge in [-0.1, -0.05) is 47.5 Å². The van der Waals surface area contributed by atoms with E-state index in [2.05, 4.69) is 11.1 Å². The number of amides is 1. The molecule has 2 aromatic carbocycles. The summed E-state index contributed by atoms with van der Waals surface area (Å²) in [5, 5.41) is 2.10. The number of halogens is 2. The van der Waals surface area contributed by atoms with Gasteiger partial charge in [-0.05, 0) is 36.6 Å². The zero-order valence-electron chi connectivity index (χ0n) is 13.8. The van der Waals surface area contributed by atoms with Crippen molar-refractivity contribution in [2.24, 2.45) is 0 Å². The molecule has 0 N–H and O–H groups in total. The number of nitrogens with zero attached hydrogens (tertiary/aromatic N) is 2. The molecule has 1 heterocycles. The highest BCUT2D eigenvalue weighted by Gasteiger charge is 2.13. The first-order valence-corrected chi connectivity index (χ1v) is 9.63. The Bertz CT molecular complexity index is 861. The van der Waals surface area contributed by atoms with Gasteiger partial charge in [-0.15, -0.1) is 11.3 Å². The van der Waals surface area contributed by atoms with Crippen LogP contribution < -0.4 is 0 Å². The van der Waals surface area contributed by atoms with Crippen LogP contribution in [0.1, 0.15) is 23.4 Å². The Morgan fingerprint density at radius 3 is 2.76 bits per heavy atom. The van der Waals surface area contributed by atoms with E-state index in [4.69, 9.17) is 23.2 Å². The Morgan fingerprint density at radius 1 is 1.16 bits per heavy atom. The van der Waals surface area contributed by atoms with Crippen LogP contribution in [0.25, 0.3) is 10.2 Å². The third-order valence-electron chi connectivity index (χ3n) is 3.98. The summed E-state index contributed by atoms with van der Waals surface area (Å²) < 4.78 is 1.19. The number of benzene rings is 2. The van der Waals surface area contributed by atoms with Crippen LogP contribution in [0, 0.1) is 0 Å². The Labute approximate surface area is 161 Å². The lowest BCUT2D eigenvalue weighted by Gasteiger charge is -2.18. The summed E-state index contributed by atoms with van der Waals surface area (Å²) in [4.78, 5) is 18.6. The fourth-order valence-electron chi connectivity index (χ4n) is 2.62. The standard InChI is InChI=1S/C19H18Cl2N2OS/c1-23(12-13-6-4-7-14(20)19(13)21)18(24)11-5-10-17-22-15-8-2-3-9-16(15)25-17/h2-4,6-9H,5,10-12H2,1H3. The lowest BCUT2D eigenvalue weighted by atomic mass is 10.2. The molecule has 0 fully saturated rings. The number of rotatable bonds is 6. The monoisotopic (exact) mass is 392 g/mol. The summed E-state index contributed by atoms with van der Waals surface area (Å²) in [6.45, 7) is 0.458. The molecule has 3 rings (SSSR count). The van der Waals surface area contributed by atoms with Crippen molar-refractivity contribution in [3.05, 3.63) is 63.1 Å². The lowest BCUT2D eigenvalue weighted by molar-refractivity contribution is -0.130.